The molecular weight excluding hydrogens is 318 g/mol. The van der Waals surface area contributed by atoms with Crippen LogP contribution in [0.5, 0.6) is 11.5 Å². The lowest BCUT2D eigenvalue weighted by molar-refractivity contribution is 0.394. The van der Waals surface area contributed by atoms with Crippen molar-refractivity contribution in [3.05, 3.63) is 43.1 Å². The van der Waals surface area contributed by atoms with Crippen molar-refractivity contribution in [3.8, 4) is 11.5 Å². The van der Waals surface area contributed by atoms with Gasteiger partial charge in [-0.3, -0.25) is 0 Å². The molecule has 7 heteroatoms. The minimum atomic E-state index is 0.325. The van der Waals surface area contributed by atoms with Gasteiger partial charge in [0.2, 0.25) is 0 Å². The highest BCUT2D eigenvalue weighted by Gasteiger charge is 2.24. The summed E-state index contributed by atoms with van der Waals surface area (Å²) in [6.07, 6.45) is 8.34. The van der Waals surface area contributed by atoms with Gasteiger partial charge in [0.25, 0.3) is 0 Å². The van der Waals surface area contributed by atoms with Crippen LogP contribution in [0.4, 0.5) is 11.5 Å². The fourth-order valence-electron chi connectivity index (χ4n) is 3.24. The van der Waals surface area contributed by atoms with Crippen molar-refractivity contribution in [2.45, 2.75) is 12.5 Å². The lowest BCUT2D eigenvalue weighted by Gasteiger charge is -2.21. The molecule has 3 heterocycles. The monoisotopic (exact) mass is 339 g/mol. The topological polar surface area (TPSA) is 63.9 Å². The fourth-order valence-corrected chi connectivity index (χ4v) is 3.24. The average Bonchev–Trinajstić information content (AvgIpc) is 3.31. The van der Waals surface area contributed by atoms with Crippen molar-refractivity contribution in [1.82, 2.24) is 14.4 Å². The zero-order chi connectivity index (χ0) is 17.2. The minimum absolute atomic E-state index is 0.325. The van der Waals surface area contributed by atoms with Crippen LogP contribution in [0.15, 0.2) is 43.1 Å². The second kappa shape index (κ2) is 6.51. The fraction of sp³-hybridized carbons (Fsp3) is 0.333. The number of benzene rings is 1. The zero-order valence-corrected chi connectivity index (χ0v) is 14.3. The zero-order valence-electron chi connectivity index (χ0n) is 14.3. The molecule has 0 aliphatic carbocycles. The summed E-state index contributed by atoms with van der Waals surface area (Å²) in [5, 5.41) is 3.55. The van der Waals surface area contributed by atoms with Crippen molar-refractivity contribution >= 4 is 17.0 Å². The highest BCUT2D eigenvalue weighted by Crippen LogP contribution is 2.31. The summed E-state index contributed by atoms with van der Waals surface area (Å²) >= 11 is 0. The number of hydrogen-bond acceptors (Lipinski definition) is 6. The first-order valence-corrected chi connectivity index (χ1v) is 8.28. The summed E-state index contributed by atoms with van der Waals surface area (Å²) < 4.78 is 12.7. The first kappa shape index (κ1) is 15.6. The maximum Gasteiger partial charge on any atom is 0.152 e. The molecule has 1 saturated heterocycles. The number of hydrogen-bond donors (Lipinski definition) is 1. The molecule has 7 nitrogen and oxygen atoms in total. The van der Waals surface area contributed by atoms with Crippen LogP contribution in [-0.2, 0) is 0 Å². The summed E-state index contributed by atoms with van der Waals surface area (Å²) in [4.78, 5) is 11.0. The number of fused-ring (bicyclic) bond motifs is 1. The van der Waals surface area contributed by atoms with E-state index in [0.29, 0.717) is 6.04 Å². The van der Waals surface area contributed by atoms with E-state index in [0.717, 1.165) is 48.0 Å². The van der Waals surface area contributed by atoms with Crippen LogP contribution in [0.2, 0.25) is 0 Å². The largest absolute Gasteiger partial charge is 0.497 e. The second-order valence-electron chi connectivity index (χ2n) is 6.11. The SMILES string of the molecule is COc1cc(OC)cc(N2CCC(Nc3nccn4cncc34)C2)c1. The van der Waals surface area contributed by atoms with E-state index in [-0.39, 0.29) is 0 Å². The summed E-state index contributed by atoms with van der Waals surface area (Å²) in [5.74, 6) is 2.47. The molecule has 4 rings (SSSR count). The second-order valence-corrected chi connectivity index (χ2v) is 6.11. The highest BCUT2D eigenvalue weighted by molar-refractivity contribution is 5.67. The van der Waals surface area contributed by atoms with Gasteiger partial charge >= 0.3 is 0 Å². The van der Waals surface area contributed by atoms with Crippen LogP contribution < -0.4 is 19.7 Å². The maximum atomic E-state index is 5.38. The van der Waals surface area contributed by atoms with E-state index in [4.69, 9.17) is 9.47 Å². The Morgan fingerprint density at radius 2 is 1.96 bits per heavy atom. The Balaban J connectivity index is 1.51. The summed E-state index contributed by atoms with van der Waals surface area (Å²) in [6, 6.07) is 6.30. The Morgan fingerprint density at radius 1 is 1.16 bits per heavy atom. The quantitative estimate of drug-likeness (QED) is 0.770. The van der Waals surface area contributed by atoms with E-state index in [1.54, 1.807) is 26.7 Å². The highest BCUT2D eigenvalue weighted by atomic mass is 16.5. The van der Waals surface area contributed by atoms with E-state index in [1.165, 1.54) is 0 Å². The van der Waals surface area contributed by atoms with Crippen molar-refractivity contribution in [1.29, 1.82) is 0 Å². The van der Waals surface area contributed by atoms with E-state index < -0.39 is 0 Å². The van der Waals surface area contributed by atoms with Crippen molar-refractivity contribution in [2.24, 2.45) is 0 Å². The van der Waals surface area contributed by atoms with Gasteiger partial charge in [0.15, 0.2) is 5.82 Å². The molecule has 1 aliphatic rings. The van der Waals surface area contributed by atoms with Gasteiger partial charge in [0.1, 0.15) is 17.0 Å². The number of methoxy groups -OCH3 is 2. The molecule has 1 aromatic carbocycles. The van der Waals surface area contributed by atoms with Crippen LogP contribution in [0.3, 0.4) is 0 Å². The van der Waals surface area contributed by atoms with Crippen LogP contribution >= 0.6 is 0 Å². The third-order valence-electron chi connectivity index (χ3n) is 4.57. The normalized spacial score (nSPS) is 17.0. The van der Waals surface area contributed by atoms with Crippen molar-refractivity contribution in [2.75, 3.05) is 37.5 Å². The molecule has 1 fully saturated rings. The predicted molar refractivity (Wildman–Crippen MR) is 96.8 cm³/mol. The van der Waals surface area contributed by atoms with Crippen LogP contribution in [-0.4, -0.2) is 47.7 Å². The Kier molecular flexibility index (Phi) is 4.05. The molecule has 0 amide bonds. The van der Waals surface area contributed by atoms with Gasteiger partial charge in [-0.25, -0.2) is 9.97 Å². The minimum Gasteiger partial charge on any atom is -0.497 e. The Bertz CT molecular complexity index is 857. The van der Waals surface area contributed by atoms with Gasteiger partial charge in [-0.15, -0.1) is 0 Å². The molecule has 3 aromatic rings. The van der Waals surface area contributed by atoms with E-state index in [1.807, 2.05) is 35.0 Å². The Hall–Kier alpha value is -2.96. The molecule has 25 heavy (non-hydrogen) atoms. The average molecular weight is 339 g/mol. The molecule has 1 N–H and O–H groups in total. The number of rotatable bonds is 5. The first-order chi connectivity index (χ1) is 12.3. The predicted octanol–water partition coefficient (Wildman–Crippen LogP) is 2.44. The molecular formula is C18H21N5O2. The Labute approximate surface area is 146 Å². The smallest absolute Gasteiger partial charge is 0.152 e. The summed E-state index contributed by atoms with van der Waals surface area (Å²) in [5.41, 5.74) is 2.10. The third kappa shape index (κ3) is 3.05. The van der Waals surface area contributed by atoms with Gasteiger partial charge in [-0.2, -0.15) is 0 Å². The van der Waals surface area contributed by atoms with E-state index in [2.05, 4.69) is 20.2 Å². The van der Waals surface area contributed by atoms with E-state index >= 15 is 0 Å². The van der Waals surface area contributed by atoms with Crippen LogP contribution in [0.25, 0.3) is 5.52 Å². The van der Waals surface area contributed by atoms with Gasteiger partial charge in [0.05, 0.1) is 26.7 Å². The molecule has 1 atom stereocenters. The van der Waals surface area contributed by atoms with E-state index in [9.17, 15) is 0 Å². The molecule has 130 valence electrons. The van der Waals surface area contributed by atoms with Crippen LogP contribution in [0.1, 0.15) is 6.42 Å². The summed E-state index contributed by atoms with van der Waals surface area (Å²) in [7, 11) is 3.34. The van der Waals surface area contributed by atoms with Gasteiger partial charge in [-0.1, -0.05) is 0 Å². The standard InChI is InChI=1S/C18H21N5O2/c1-24-15-7-14(8-16(9-15)25-2)22-5-3-13(11-22)21-18-17-10-19-12-23(17)6-4-20-18/h4,6-10,12-13H,3,5,11H2,1-2H3,(H,20,21). The van der Waals surface area contributed by atoms with Gasteiger partial charge in [0, 0.05) is 55.4 Å². The van der Waals surface area contributed by atoms with Crippen LogP contribution in [0, 0.1) is 0 Å². The molecule has 1 aliphatic heterocycles. The summed E-state index contributed by atoms with van der Waals surface area (Å²) in [6.45, 7) is 1.86. The lowest BCUT2D eigenvalue weighted by Crippen LogP contribution is -2.26. The third-order valence-corrected chi connectivity index (χ3v) is 4.57. The molecule has 2 aromatic heterocycles. The Morgan fingerprint density at radius 3 is 2.72 bits per heavy atom. The number of imidazole rings is 1. The number of ether oxygens (including phenoxy) is 2. The number of anilines is 2. The molecule has 0 spiro atoms. The number of nitrogens with zero attached hydrogens (tertiary/aromatic N) is 4. The molecule has 0 radical (unpaired) electrons. The molecule has 1 unspecified atom stereocenters. The van der Waals surface area contributed by atoms with Gasteiger partial charge < -0.3 is 24.1 Å². The van der Waals surface area contributed by atoms with Crippen molar-refractivity contribution in [3.63, 3.8) is 0 Å². The lowest BCUT2D eigenvalue weighted by atomic mass is 10.2. The van der Waals surface area contributed by atoms with Crippen molar-refractivity contribution < 1.29 is 9.47 Å². The molecule has 0 saturated carbocycles. The first-order valence-electron chi connectivity index (χ1n) is 8.28. The number of aromatic nitrogens is 3. The van der Waals surface area contributed by atoms with Gasteiger partial charge in [-0.05, 0) is 6.42 Å². The number of nitrogens with one attached hydrogen (secondary N) is 1. The maximum absolute atomic E-state index is 5.38. The molecule has 0 bridgehead atoms.